The van der Waals surface area contributed by atoms with Gasteiger partial charge >= 0.3 is 7.82 Å². The Morgan fingerprint density at radius 2 is 0.559 bits per heavy atom. The van der Waals surface area contributed by atoms with Crippen LogP contribution < -0.4 is 13.6 Å². The summed E-state index contributed by atoms with van der Waals surface area (Å²) >= 11 is 0. The van der Waals surface area contributed by atoms with Crippen molar-refractivity contribution in [3.63, 3.8) is 0 Å². The van der Waals surface area contributed by atoms with Gasteiger partial charge in [0.25, 0.3) is 0 Å². The Bertz CT molecular complexity index is 2090. The van der Waals surface area contributed by atoms with E-state index in [1.807, 2.05) is 72.8 Å². The highest BCUT2D eigenvalue weighted by molar-refractivity contribution is 7.49. The Balaban J connectivity index is 1.35. The molecule has 0 saturated heterocycles. The fraction of sp³-hybridized carbons (Fsp3) is 0.429. The lowest BCUT2D eigenvalue weighted by Crippen LogP contribution is -2.10. The van der Waals surface area contributed by atoms with Gasteiger partial charge in [-0.1, -0.05) is 246 Å². The van der Waals surface area contributed by atoms with Crippen molar-refractivity contribution in [2.24, 2.45) is 0 Å². The predicted octanol–water partition coefficient (Wildman–Crippen LogP) is 20.2. The minimum absolute atomic E-state index is 0.455. The maximum absolute atomic E-state index is 16.0. The topological polar surface area (TPSA) is 44.8 Å². The summed E-state index contributed by atoms with van der Waals surface area (Å²) in [5.41, 5.74) is 9.21. The number of benzene rings is 6. The van der Waals surface area contributed by atoms with Gasteiger partial charge < -0.3 is 13.6 Å². The molecule has 0 aliphatic rings. The Kier molecular flexibility index (Phi) is 22.9. The van der Waals surface area contributed by atoms with Crippen molar-refractivity contribution in [3.05, 3.63) is 162 Å². The zero-order valence-electron chi connectivity index (χ0n) is 41.9. The third kappa shape index (κ3) is 17.5. The SMILES string of the molecule is CCCCCCCCCc1ccc(OP(=O)(Oc2ccc(CCCCCCCCC)cc2-c2ccccc2)Oc2ccc(CCCCCCCCC)cc2-c2ccccc2)c(-c2ccccc2)c1. The second kappa shape index (κ2) is 29.8. The van der Waals surface area contributed by atoms with Gasteiger partial charge in [0.2, 0.25) is 0 Å². The van der Waals surface area contributed by atoms with Crippen LogP contribution >= 0.6 is 7.82 Å². The van der Waals surface area contributed by atoms with Crippen LogP contribution in [0.3, 0.4) is 0 Å². The smallest absolute Gasteiger partial charge is 0.385 e. The summed E-state index contributed by atoms with van der Waals surface area (Å²) in [5.74, 6) is 1.37. The normalized spacial score (nSPS) is 11.5. The molecule has 0 aliphatic heterocycles. The number of unbranched alkanes of at least 4 members (excludes halogenated alkanes) is 18. The second-order valence-electron chi connectivity index (χ2n) is 18.9. The second-order valence-corrected chi connectivity index (χ2v) is 20.4. The number of hydrogen-bond acceptors (Lipinski definition) is 4. The van der Waals surface area contributed by atoms with Crippen LogP contribution in [0.25, 0.3) is 33.4 Å². The predicted molar refractivity (Wildman–Crippen MR) is 290 cm³/mol. The Labute approximate surface area is 411 Å². The number of rotatable bonds is 33. The monoisotopic (exact) mass is 933 g/mol. The lowest BCUT2D eigenvalue weighted by Gasteiger charge is -2.24. The number of hydrogen-bond donors (Lipinski definition) is 0. The molecule has 0 heterocycles. The molecular weight excluding hydrogens is 852 g/mol. The maximum Gasteiger partial charge on any atom is 0.647 e. The molecule has 0 radical (unpaired) electrons. The fourth-order valence-corrected chi connectivity index (χ4v) is 10.6. The summed E-state index contributed by atoms with van der Waals surface area (Å²) in [4.78, 5) is 0. The van der Waals surface area contributed by atoms with E-state index < -0.39 is 7.82 Å². The van der Waals surface area contributed by atoms with Gasteiger partial charge in [-0.15, -0.1) is 0 Å². The minimum Gasteiger partial charge on any atom is -0.385 e. The number of phosphoric acid groups is 1. The highest BCUT2D eigenvalue weighted by Crippen LogP contribution is 2.55. The molecule has 0 amide bonds. The van der Waals surface area contributed by atoms with Gasteiger partial charge in [0.05, 0.1) is 0 Å². The highest BCUT2D eigenvalue weighted by Gasteiger charge is 2.36. The van der Waals surface area contributed by atoms with Gasteiger partial charge in [-0.3, -0.25) is 0 Å². The van der Waals surface area contributed by atoms with Gasteiger partial charge in [0.1, 0.15) is 17.2 Å². The fourth-order valence-electron chi connectivity index (χ4n) is 9.24. The maximum atomic E-state index is 16.0. The Morgan fingerprint density at radius 3 is 0.824 bits per heavy atom. The van der Waals surface area contributed by atoms with Gasteiger partial charge in [-0.2, -0.15) is 4.57 Å². The molecule has 0 fully saturated rings. The average molecular weight is 933 g/mol. The van der Waals surface area contributed by atoms with Crippen molar-refractivity contribution in [3.8, 4) is 50.6 Å². The molecule has 0 bridgehead atoms. The summed E-state index contributed by atoms with van der Waals surface area (Å²) in [6.45, 7) is 6.80. The minimum atomic E-state index is -4.49. The van der Waals surface area contributed by atoms with E-state index in [4.69, 9.17) is 13.6 Å². The molecule has 5 heteroatoms. The van der Waals surface area contributed by atoms with E-state index in [0.29, 0.717) is 17.2 Å². The van der Waals surface area contributed by atoms with Gasteiger partial charge in [0, 0.05) is 16.7 Å². The van der Waals surface area contributed by atoms with Crippen LogP contribution in [0.4, 0.5) is 0 Å². The summed E-state index contributed by atoms with van der Waals surface area (Å²) in [6, 6.07) is 49.6. The molecule has 4 nitrogen and oxygen atoms in total. The van der Waals surface area contributed by atoms with Crippen LogP contribution in [-0.4, -0.2) is 0 Å². The van der Waals surface area contributed by atoms with E-state index in [1.54, 1.807) is 0 Å². The molecule has 0 atom stereocenters. The van der Waals surface area contributed by atoms with Crippen LogP contribution in [0.1, 0.15) is 172 Å². The molecule has 6 aromatic rings. The molecule has 0 aliphatic carbocycles. The number of phosphoric ester groups is 1. The van der Waals surface area contributed by atoms with Crippen molar-refractivity contribution in [1.29, 1.82) is 0 Å². The van der Waals surface area contributed by atoms with Crippen LogP contribution in [0.15, 0.2) is 146 Å². The van der Waals surface area contributed by atoms with Crippen LogP contribution in [0.5, 0.6) is 17.2 Å². The summed E-state index contributed by atoms with van der Waals surface area (Å²) in [5, 5.41) is 0. The zero-order valence-corrected chi connectivity index (χ0v) is 42.8. The quantitative estimate of drug-likeness (QED) is 0.0305. The van der Waals surface area contributed by atoms with E-state index in [2.05, 4.69) is 93.6 Å². The molecule has 6 aromatic carbocycles. The van der Waals surface area contributed by atoms with Gasteiger partial charge in [-0.05, 0) is 108 Å². The molecule has 6 rings (SSSR count). The van der Waals surface area contributed by atoms with Crippen LogP contribution in [0, 0.1) is 0 Å². The molecule has 362 valence electrons. The standard InChI is InChI=1S/C63H81O4P/c1-4-7-10-13-16-19-25-34-52-43-46-61(58(49-52)55-37-28-22-29-38-55)65-68(64,66-62-47-44-53(35-26-20-17-14-11-8-5-2)50-59(62)56-39-30-23-31-40-56)67-63-48-45-54(36-27-21-18-15-12-9-6-3)51-60(63)57-41-32-24-33-42-57/h22-24,28-33,37-51H,4-21,25-27,34-36H2,1-3H3. The first-order valence-electron chi connectivity index (χ1n) is 26.7. The lowest BCUT2D eigenvalue weighted by atomic mass is 9.98. The third-order valence-corrected chi connectivity index (χ3v) is 14.5. The van der Waals surface area contributed by atoms with E-state index in [9.17, 15) is 0 Å². The average Bonchev–Trinajstić information content (AvgIpc) is 3.37. The molecular formula is C63H81O4P. The largest absolute Gasteiger partial charge is 0.647 e. The van der Waals surface area contributed by atoms with Crippen LogP contribution in [-0.2, 0) is 23.8 Å². The Hall–Kier alpha value is -5.05. The van der Waals surface area contributed by atoms with E-state index in [-0.39, 0.29) is 0 Å². The van der Waals surface area contributed by atoms with E-state index >= 15 is 4.57 Å². The first kappa shape index (κ1) is 52.3. The summed E-state index contributed by atoms with van der Waals surface area (Å²) in [7, 11) is -4.49. The van der Waals surface area contributed by atoms with Crippen LogP contribution in [0.2, 0.25) is 0 Å². The highest BCUT2D eigenvalue weighted by atomic mass is 31.2. The summed E-state index contributed by atoms with van der Waals surface area (Å²) < 4.78 is 36.5. The lowest BCUT2D eigenvalue weighted by molar-refractivity contribution is 0.299. The van der Waals surface area contributed by atoms with Crippen molar-refractivity contribution >= 4 is 7.82 Å². The summed E-state index contributed by atoms with van der Waals surface area (Å²) in [6.07, 6.45) is 29.3. The molecule has 0 N–H and O–H groups in total. The van der Waals surface area contributed by atoms with Crippen molar-refractivity contribution in [2.45, 2.75) is 175 Å². The molecule has 0 saturated carbocycles. The van der Waals surface area contributed by atoms with Gasteiger partial charge in [-0.25, -0.2) is 0 Å². The number of aryl methyl sites for hydroxylation is 3. The van der Waals surface area contributed by atoms with E-state index in [1.165, 1.54) is 132 Å². The molecule has 0 aromatic heterocycles. The van der Waals surface area contributed by atoms with Gasteiger partial charge in [0.15, 0.2) is 0 Å². The molecule has 0 spiro atoms. The third-order valence-electron chi connectivity index (χ3n) is 13.2. The van der Waals surface area contributed by atoms with E-state index in [0.717, 1.165) is 71.9 Å². The van der Waals surface area contributed by atoms with Crippen molar-refractivity contribution < 1.29 is 18.1 Å². The van der Waals surface area contributed by atoms with Crippen molar-refractivity contribution in [1.82, 2.24) is 0 Å². The van der Waals surface area contributed by atoms with Crippen molar-refractivity contribution in [2.75, 3.05) is 0 Å². The first-order valence-corrected chi connectivity index (χ1v) is 28.2. The molecule has 68 heavy (non-hydrogen) atoms. The Morgan fingerprint density at radius 1 is 0.309 bits per heavy atom. The molecule has 0 unspecified atom stereocenters. The zero-order chi connectivity index (χ0) is 47.5. The first-order chi connectivity index (χ1) is 33.5.